The van der Waals surface area contributed by atoms with E-state index < -0.39 is 0 Å². The summed E-state index contributed by atoms with van der Waals surface area (Å²) < 4.78 is 5.27. The van der Waals surface area contributed by atoms with Gasteiger partial charge in [-0.25, -0.2) is 0 Å². The topological polar surface area (TPSA) is 3.24 Å². The van der Waals surface area contributed by atoms with Crippen LogP contribution in [0, 0.1) is 0 Å². The number of rotatable bonds is 6. The molecule has 3 heteroatoms. The highest BCUT2D eigenvalue weighted by molar-refractivity contribution is 7.26. The maximum absolute atomic E-state index is 2.40. The minimum absolute atomic E-state index is 1.12. The summed E-state index contributed by atoms with van der Waals surface area (Å²) in [5.41, 5.74) is 10.7. The highest BCUT2D eigenvalue weighted by Crippen LogP contribution is 2.43. The summed E-state index contributed by atoms with van der Waals surface area (Å²) >= 11 is 3.74. The molecule has 0 aliphatic carbocycles. The fourth-order valence-corrected chi connectivity index (χ4v) is 10.5. The van der Waals surface area contributed by atoms with Gasteiger partial charge in [0.1, 0.15) is 0 Å². The van der Waals surface area contributed by atoms with Crippen molar-refractivity contribution in [2.45, 2.75) is 0 Å². The van der Waals surface area contributed by atoms with E-state index in [1.165, 1.54) is 84.5 Å². The molecule has 0 saturated heterocycles. The molecule has 9 aromatic carbocycles. The van der Waals surface area contributed by atoms with Gasteiger partial charge in [0.05, 0.1) is 0 Å². The molecule has 0 fully saturated rings. The molecule has 0 N–H and O–H groups in total. The second-order valence-corrected chi connectivity index (χ2v) is 16.3. The van der Waals surface area contributed by atoms with Crippen LogP contribution >= 0.6 is 22.7 Å². The average Bonchev–Trinajstić information content (AvgIpc) is 3.82. The zero-order valence-corrected chi connectivity index (χ0v) is 31.4. The van der Waals surface area contributed by atoms with Gasteiger partial charge in [0.15, 0.2) is 0 Å². The maximum atomic E-state index is 2.40. The highest BCUT2D eigenvalue weighted by atomic mass is 32.1. The van der Waals surface area contributed by atoms with Gasteiger partial charge in [0, 0.05) is 57.4 Å². The second kappa shape index (κ2) is 13.1. The Morgan fingerprint density at radius 2 is 0.873 bits per heavy atom. The fourth-order valence-electron chi connectivity index (χ4n) is 8.14. The number of thiophene rings is 2. The standard InChI is InChI=1S/C52H33NS2/c1-2-11-36-30-39(23-22-34(36)10-1)35-24-26-41(27-25-35)53(43-28-29-47-45-16-3-5-20-49(45)54-51(47)33-43)42-15-8-13-38(32-42)37-12-7-14-40(31-37)44-18-9-19-48-46-17-4-6-21-50(46)55-52(44)48/h1-33H. The minimum atomic E-state index is 1.12. The van der Waals surface area contributed by atoms with Crippen LogP contribution in [0.2, 0.25) is 0 Å². The van der Waals surface area contributed by atoms with Crippen LogP contribution in [-0.4, -0.2) is 0 Å². The number of fused-ring (bicyclic) bond motifs is 7. The molecule has 258 valence electrons. The Morgan fingerprint density at radius 3 is 1.73 bits per heavy atom. The van der Waals surface area contributed by atoms with Crippen molar-refractivity contribution in [2.75, 3.05) is 4.90 Å². The Balaban J connectivity index is 1.02. The third-order valence-corrected chi connectivity index (χ3v) is 13.2. The SMILES string of the molecule is c1cc(-c2cccc(N(c3ccc(-c4ccc5ccccc5c4)cc3)c3ccc4c(c3)sc3ccccc34)c2)cc(-c2cccc3c2sc2ccccc23)c1. The number of hydrogen-bond acceptors (Lipinski definition) is 3. The lowest BCUT2D eigenvalue weighted by Crippen LogP contribution is -2.09. The molecular formula is C52H33NS2. The number of nitrogens with zero attached hydrogens (tertiary/aromatic N) is 1. The lowest BCUT2D eigenvalue weighted by Gasteiger charge is -2.26. The predicted octanol–water partition coefficient (Wildman–Crippen LogP) is 16.0. The van der Waals surface area contributed by atoms with Crippen molar-refractivity contribution in [3.8, 4) is 33.4 Å². The maximum Gasteiger partial charge on any atom is 0.0476 e. The number of anilines is 3. The Hall–Kier alpha value is -6.52. The van der Waals surface area contributed by atoms with Crippen LogP contribution < -0.4 is 4.90 Å². The first-order valence-corrected chi connectivity index (χ1v) is 20.3. The Kier molecular flexibility index (Phi) is 7.61. The first kappa shape index (κ1) is 32.0. The minimum Gasteiger partial charge on any atom is -0.310 e. The molecule has 0 aliphatic rings. The summed E-state index contributed by atoms with van der Waals surface area (Å²) in [5.74, 6) is 0. The molecule has 2 aromatic heterocycles. The van der Waals surface area contributed by atoms with Gasteiger partial charge in [0.25, 0.3) is 0 Å². The third-order valence-electron chi connectivity index (χ3n) is 10.8. The molecule has 0 radical (unpaired) electrons. The van der Waals surface area contributed by atoms with Crippen molar-refractivity contribution >= 4 is 90.9 Å². The van der Waals surface area contributed by atoms with Crippen molar-refractivity contribution in [1.82, 2.24) is 0 Å². The van der Waals surface area contributed by atoms with E-state index in [0.717, 1.165) is 17.1 Å². The Labute approximate surface area is 327 Å². The number of hydrogen-bond donors (Lipinski definition) is 0. The van der Waals surface area contributed by atoms with E-state index in [4.69, 9.17) is 0 Å². The van der Waals surface area contributed by atoms with Crippen LogP contribution in [0.1, 0.15) is 0 Å². The second-order valence-electron chi connectivity index (χ2n) is 14.1. The Morgan fingerprint density at radius 1 is 0.291 bits per heavy atom. The zero-order valence-electron chi connectivity index (χ0n) is 29.8. The zero-order chi connectivity index (χ0) is 36.3. The van der Waals surface area contributed by atoms with Crippen molar-refractivity contribution in [3.63, 3.8) is 0 Å². The van der Waals surface area contributed by atoms with Gasteiger partial charge in [-0.2, -0.15) is 0 Å². The number of benzene rings is 9. The van der Waals surface area contributed by atoms with E-state index in [2.05, 4.69) is 205 Å². The molecule has 0 amide bonds. The highest BCUT2D eigenvalue weighted by Gasteiger charge is 2.17. The third kappa shape index (κ3) is 5.60. The van der Waals surface area contributed by atoms with Crippen LogP contribution in [0.3, 0.4) is 0 Å². The van der Waals surface area contributed by atoms with E-state index in [9.17, 15) is 0 Å². The van der Waals surface area contributed by atoms with E-state index in [-0.39, 0.29) is 0 Å². The van der Waals surface area contributed by atoms with Gasteiger partial charge in [0.2, 0.25) is 0 Å². The van der Waals surface area contributed by atoms with Crippen molar-refractivity contribution in [2.24, 2.45) is 0 Å². The molecule has 55 heavy (non-hydrogen) atoms. The molecule has 0 unspecified atom stereocenters. The molecule has 2 heterocycles. The van der Waals surface area contributed by atoms with Crippen molar-refractivity contribution < 1.29 is 0 Å². The molecule has 0 spiro atoms. The van der Waals surface area contributed by atoms with Gasteiger partial charge in [-0.1, -0.05) is 140 Å². The van der Waals surface area contributed by atoms with Gasteiger partial charge >= 0.3 is 0 Å². The molecule has 0 bridgehead atoms. The van der Waals surface area contributed by atoms with Crippen molar-refractivity contribution in [1.29, 1.82) is 0 Å². The van der Waals surface area contributed by atoms with E-state index in [0.29, 0.717) is 0 Å². The summed E-state index contributed by atoms with van der Waals surface area (Å²) in [4.78, 5) is 2.40. The van der Waals surface area contributed by atoms with Gasteiger partial charge in [-0.15, -0.1) is 22.7 Å². The molecule has 1 nitrogen and oxygen atoms in total. The van der Waals surface area contributed by atoms with Gasteiger partial charge in [-0.05, 0) is 105 Å². The molecule has 11 aromatic rings. The normalized spacial score (nSPS) is 11.6. The summed E-state index contributed by atoms with van der Waals surface area (Å²) in [6.45, 7) is 0. The predicted molar refractivity (Wildman–Crippen MR) is 241 cm³/mol. The molecule has 0 atom stereocenters. The summed E-state index contributed by atoms with van der Waals surface area (Å²) in [7, 11) is 0. The van der Waals surface area contributed by atoms with E-state index in [1.54, 1.807) is 0 Å². The molecule has 11 rings (SSSR count). The largest absolute Gasteiger partial charge is 0.310 e. The van der Waals surface area contributed by atoms with Gasteiger partial charge < -0.3 is 4.90 Å². The van der Waals surface area contributed by atoms with E-state index >= 15 is 0 Å². The average molecular weight is 736 g/mol. The lowest BCUT2D eigenvalue weighted by molar-refractivity contribution is 1.29. The molecular weight excluding hydrogens is 703 g/mol. The van der Waals surface area contributed by atoms with Crippen LogP contribution in [0.25, 0.3) is 84.5 Å². The van der Waals surface area contributed by atoms with Crippen LogP contribution in [0.15, 0.2) is 200 Å². The van der Waals surface area contributed by atoms with E-state index in [1.807, 2.05) is 22.7 Å². The summed E-state index contributed by atoms with van der Waals surface area (Å²) in [6.07, 6.45) is 0. The lowest BCUT2D eigenvalue weighted by atomic mass is 9.97. The Bertz CT molecular complexity index is 3220. The summed E-state index contributed by atoms with van der Waals surface area (Å²) in [5, 5.41) is 7.77. The quantitative estimate of drug-likeness (QED) is 0.164. The van der Waals surface area contributed by atoms with Crippen molar-refractivity contribution in [3.05, 3.63) is 200 Å². The first-order valence-electron chi connectivity index (χ1n) is 18.7. The van der Waals surface area contributed by atoms with Crippen LogP contribution in [0.4, 0.5) is 17.1 Å². The fraction of sp³-hybridized carbons (Fsp3) is 0. The van der Waals surface area contributed by atoms with Crippen LogP contribution in [0.5, 0.6) is 0 Å². The molecule has 0 saturated carbocycles. The summed E-state index contributed by atoms with van der Waals surface area (Å²) in [6, 6.07) is 73.5. The smallest absolute Gasteiger partial charge is 0.0476 e. The monoisotopic (exact) mass is 735 g/mol. The van der Waals surface area contributed by atoms with Crippen LogP contribution in [-0.2, 0) is 0 Å². The first-order chi connectivity index (χ1) is 27.2. The molecule has 0 aliphatic heterocycles. The van der Waals surface area contributed by atoms with Gasteiger partial charge in [-0.3, -0.25) is 0 Å².